The van der Waals surface area contributed by atoms with Gasteiger partial charge < -0.3 is 33.1 Å². The number of carbonyl (C=O) groups is 2. The second-order valence-corrected chi connectivity index (χ2v) is 86.1. The van der Waals surface area contributed by atoms with Gasteiger partial charge in [0.05, 0.1) is 45.9 Å². The van der Waals surface area contributed by atoms with Gasteiger partial charge in [-0.2, -0.15) is 0 Å². The van der Waals surface area contributed by atoms with Crippen LogP contribution >= 0.6 is 162 Å². The van der Waals surface area contributed by atoms with Gasteiger partial charge >= 0.3 is 12.1 Å². The van der Waals surface area contributed by atoms with Crippen molar-refractivity contribution in [1.82, 2.24) is 0 Å². The molecule has 298 valence electrons. The molecule has 29 heteroatoms. The summed E-state index contributed by atoms with van der Waals surface area (Å²) in [5.74, 6) is -1.02. The Hall–Kier alpha value is 6.92. The fraction of sp³-hybridized carbons (Fsp3) is 0.826. The zero-order chi connectivity index (χ0) is 39.0. The van der Waals surface area contributed by atoms with Gasteiger partial charge in [0.25, 0.3) is 0 Å². The Morgan fingerprint density at radius 2 is 1.44 bits per heavy atom. The average Bonchev–Trinajstić information content (AvgIpc) is 3.31. The molecule has 2 aliphatic heterocycles. The number of aliphatic hydroxyl groups is 1. The van der Waals surface area contributed by atoms with Crippen LogP contribution in [0.2, 0.25) is 0 Å². The van der Waals surface area contributed by atoms with Crippen LogP contribution in [-0.4, -0.2) is 65.6 Å². The maximum absolute atomic E-state index is 13.8. The summed E-state index contributed by atoms with van der Waals surface area (Å²) >= 11 is 0. The highest BCUT2D eigenvalue weighted by molar-refractivity contribution is 9.24. The van der Waals surface area contributed by atoms with E-state index in [0.29, 0.717) is 19.3 Å². The predicted molar refractivity (Wildman–Crippen MR) is 275 cm³/mol. The van der Waals surface area contributed by atoms with Crippen molar-refractivity contribution in [2.75, 3.05) is 6.61 Å². The number of carbonyl (C=O) groups excluding carboxylic acids is 2. The number of hydrogen-bond acceptors (Lipinski definition) is 9. The minimum atomic E-state index is -1.23. The summed E-state index contributed by atoms with van der Waals surface area (Å²) in [5, 5.41) is 12.7. The van der Waals surface area contributed by atoms with E-state index in [9.17, 15) is 14.7 Å². The van der Waals surface area contributed by atoms with E-state index in [2.05, 4.69) is 126 Å². The molecule has 3 aliphatic carbocycles. The van der Waals surface area contributed by atoms with E-state index in [1.807, 2.05) is 0 Å². The average molecular weight is 1090 g/mol. The number of aliphatic hydroxyl groups excluding tert-OH is 1. The molecule has 2 heterocycles. The minimum Gasteiger partial charge on any atom is -0.454 e. The first kappa shape index (κ1) is 49.9. The zero-order valence-corrected chi connectivity index (χ0v) is 50.1. The number of hydrogen-bond donors (Lipinski definition) is 1. The van der Waals surface area contributed by atoms with Crippen molar-refractivity contribution in [3.05, 3.63) is 11.1 Å². The molecule has 1 spiro atoms. The van der Waals surface area contributed by atoms with Gasteiger partial charge in [-0.05, 0) is 66.4 Å². The van der Waals surface area contributed by atoms with Crippen LogP contribution in [0.4, 0.5) is 4.79 Å². The highest BCUT2D eigenvalue weighted by atomic mass is 33.3. The van der Waals surface area contributed by atoms with Crippen LogP contribution in [0.25, 0.3) is 0 Å². The summed E-state index contributed by atoms with van der Waals surface area (Å²) < 4.78 is 40.0. The fourth-order valence-electron chi connectivity index (χ4n) is 8.99. The maximum atomic E-state index is 13.8. The molecule has 13 unspecified atom stereocenters. The van der Waals surface area contributed by atoms with Gasteiger partial charge in [0, 0.05) is 37.6 Å². The lowest BCUT2D eigenvalue weighted by atomic mass is 9.45. The topological polar surface area (TPSA) is 110 Å². The summed E-state index contributed by atoms with van der Waals surface area (Å²) in [7, 11) is 31.4. The van der Waals surface area contributed by atoms with Crippen LogP contribution in [0.15, 0.2) is 11.1 Å². The van der Waals surface area contributed by atoms with E-state index in [1.165, 1.54) is 6.92 Å². The Balaban J connectivity index is 1.70. The SMILES string of the molecule is CC(=O)O[C@@]12CO[C@@H]1C[C@H](OP(P(P)P)P(P)P)[C@@]1(C)C[C@@H](O)C3=C(C)[C@@H](OP(P)P(P(P)P)P(P(P)P)P(P)P)C[C@]4(OC(=O)O[C@H]4[C@@H]12)C3(C)C. The molecule has 52 heavy (non-hydrogen) atoms. The van der Waals surface area contributed by atoms with E-state index < -0.39 is 107 Å². The van der Waals surface area contributed by atoms with Crippen LogP contribution in [0, 0.1) is 16.7 Å². The van der Waals surface area contributed by atoms with Gasteiger partial charge in [-0.3, -0.25) is 4.79 Å². The standard InChI is InChI=1S/C23H52O9P20/c1-10-13(31-44(33)51(48(38)39)52(49(40)41)50(42)43)8-23-18(28-19(26)30-23)17-21(5,7-12(25)16(10)20(23,3)4)14(32-45(46(34)35)47(36)37)6-15-22(17,9-27-15)29-11(2)24/h12-15,17-18,25H,6-9,33-43H2,1-5H3/t12-,13+,14+,15-,17+,18+,21-,22+,23-,44?,51?/m1/s1. The van der Waals surface area contributed by atoms with Crippen molar-refractivity contribution in [1.29, 1.82) is 0 Å². The molecule has 0 amide bonds. The van der Waals surface area contributed by atoms with Crippen molar-refractivity contribution < 1.29 is 42.7 Å². The summed E-state index contributed by atoms with van der Waals surface area (Å²) in [4.78, 5) is 26.7. The molecule has 5 rings (SSSR count). The first-order chi connectivity index (χ1) is 24.0. The third kappa shape index (κ3) is 9.36. The molecule has 0 aromatic carbocycles. The molecular weight excluding hydrogens is 1040 g/mol. The fourth-order valence-corrected chi connectivity index (χ4v) is 172. The smallest absolute Gasteiger partial charge is 0.454 e. The van der Waals surface area contributed by atoms with Crippen molar-refractivity contribution in [2.24, 2.45) is 16.7 Å². The molecule has 0 aromatic rings. The van der Waals surface area contributed by atoms with E-state index in [4.69, 9.17) is 28.0 Å². The predicted octanol–water partition coefficient (Wildman–Crippen LogP) is 13.5. The molecule has 2 bridgehead atoms. The van der Waals surface area contributed by atoms with Crippen LogP contribution in [-0.2, 0) is 32.8 Å². The first-order valence-corrected chi connectivity index (χ1v) is 50.5. The van der Waals surface area contributed by atoms with Gasteiger partial charge in [-0.15, -0.1) is 89.3 Å². The highest BCUT2D eigenvalue weighted by Gasteiger charge is 2.79. The molecular formula is C23H52O9P20. The number of fused-ring (bicyclic) bond motifs is 5. The summed E-state index contributed by atoms with van der Waals surface area (Å²) in [6.07, 6.45) is -2.60. The Labute approximate surface area is 344 Å². The quantitative estimate of drug-likeness (QED) is 0.116. The van der Waals surface area contributed by atoms with E-state index in [0.717, 1.165) is 11.1 Å². The van der Waals surface area contributed by atoms with Gasteiger partial charge in [-0.25, -0.2) is 4.79 Å². The Morgan fingerprint density at radius 1 is 0.865 bits per heavy atom. The molecule has 5 aliphatic rings. The van der Waals surface area contributed by atoms with Crippen LogP contribution in [0.3, 0.4) is 0 Å². The molecule has 0 radical (unpaired) electrons. The Morgan fingerprint density at radius 3 is 1.92 bits per heavy atom. The normalized spacial score (nSPS) is 38.1. The summed E-state index contributed by atoms with van der Waals surface area (Å²) in [5.41, 5.74) is -2.15. The van der Waals surface area contributed by atoms with Crippen molar-refractivity contribution in [2.45, 2.75) is 95.6 Å². The zero-order valence-electron chi connectivity index (χ0n) is 29.4. The molecule has 22 atom stereocenters. The molecule has 4 fully saturated rings. The summed E-state index contributed by atoms with van der Waals surface area (Å²) in [6, 6.07) is 0. The first-order valence-electron chi connectivity index (χ1n) is 15.8. The van der Waals surface area contributed by atoms with Crippen LogP contribution in [0.1, 0.15) is 53.9 Å². The monoisotopic (exact) mass is 1090 g/mol. The van der Waals surface area contributed by atoms with Crippen LogP contribution < -0.4 is 0 Å². The van der Waals surface area contributed by atoms with Crippen molar-refractivity contribution in [3.8, 4) is 0 Å². The minimum absolute atomic E-state index is 0.165. The number of rotatable bonds is 12. The van der Waals surface area contributed by atoms with Gasteiger partial charge in [-0.1, -0.05) is 29.7 Å². The Kier molecular flexibility index (Phi) is 18.8. The molecule has 9 nitrogen and oxygen atoms in total. The van der Waals surface area contributed by atoms with Gasteiger partial charge in [0.2, 0.25) is 0 Å². The third-order valence-electron chi connectivity index (χ3n) is 10.9. The van der Waals surface area contributed by atoms with E-state index >= 15 is 0 Å². The van der Waals surface area contributed by atoms with Crippen molar-refractivity contribution in [3.63, 3.8) is 0 Å². The second kappa shape index (κ2) is 19.6. The molecule has 2 saturated carbocycles. The lowest BCUT2D eigenvalue weighted by Crippen LogP contribution is -2.79. The van der Waals surface area contributed by atoms with Crippen molar-refractivity contribution >= 4 is 174 Å². The molecule has 2 saturated heterocycles. The highest BCUT2D eigenvalue weighted by Crippen LogP contribution is 3.21. The largest absolute Gasteiger partial charge is 0.509 e. The number of esters is 1. The Bertz CT molecular complexity index is 1390. The molecule has 1 N–H and O–H groups in total. The molecule has 0 aromatic heterocycles. The second-order valence-electron chi connectivity index (χ2n) is 14.2. The van der Waals surface area contributed by atoms with E-state index in [-0.39, 0.29) is 33.7 Å². The third-order valence-corrected chi connectivity index (χ3v) is 107. The summed E-state index contributed by atoms with van der Waals surface area (Å²) in [6.45, 7) is 6.81. The maximum Gasteiger partial charge on any atom is 0.509 e. The lowest BCUT2D eigenvalue weighted by molar-refractivity contribution is -0.342. The van der Waals surface area contributed by atoms with Gasteiger partial charge in [0.1, 0.15) is 6.10 Å². The van der Waals surface area contributed by atoms with E-state index in [1.54, 1.807) is 0 Å². The number of ether oxygens (including phenoxy) is 4. The lowest BCUT2D eigenvalue weighted by Gasteiger charge is -2.67. The van der Waals surface area contributed by atoms with Gasteiger partial charge in [0.15, 0.2) is 17.3 Å². The van der Waals surface area contributed by atoms with Crippen LogP contribution in [0.5, 0.6) is 0 Å².